The average molecular weight is 244 g/mol. The molecule has 0 spiro atoms. The van der Waals surface area contributed by atoms with Gasteiger partial charge in [-0.1, -0.05) is 30.3 Å². The number of carboxylic acid groups (broad SMARTS) is 1. The van der Waals surface area contributed by atoms with Crippen LogP contribution in [0.5, 0.6) is 0 Å². The van der Waals surface area contributed by atoms with Crippen LogP contribution in [0.3, 0.4) is 0 Å². The highest BCUT2D eigenvalue weighted by molar-refractivity contribution is 5.96. The summed E-state index contributed by atoms with van der Waals surface area (Å²) in [6.07, 6.45) is 1.70. The molecule has 1 aliphatic rings. The van der Waals surface area contributed by atoms with Crippen LogP contribution in [0.4, 0.5) is 0 Å². The van der Waals surface area contributed by atoms with Gasteiger partial charge in [0.2, 0.25) is 0 Å². The predicted octanol–water partition coefficient (Wildman–Crippen LogP) is 2.45. The maximum atomic E-state index is 11.5. The molecule has 1 atom stereocenters. The summed E-state index contributed by atoms with van der Waals surface area (Å²) >= 11 is 0. The molecule has 0 aromatic heterocycles. The molecule has 1 aliphatic heterocycles. The maximum absolute atomic E-state index is 11.5. The van der Waals surface area contributed by atoms with Crippen LogP contribution in [-0.4, -0.2) is 28.8 Å². The van der Waals surface area contributed by atoms with Crippen molar-refractivity contribution in [3.05, 3.63) is 47.2 Å². The Hall–Kier alpha value is -2.10. The fourth-order valence-corrected chi connectivity index (χ4v) is 2.19. The molecule has 0 amide bonds. The van der Waals surface area contributed by atoms with Crippen molar-refractivity contribution >= 4 is 12.2 Å². The van der Waals surface area contributed by atoms with Crippen LogP contribution in [0.2, 0.25) is 0 Å². The van der Waals surface area contributed by atoms with E-state index in [-0.39, 0.29) is 5.92 Å². The second-order valence-corrected chi connectivity index (χ2v) is 4.17. The Morgan fingerprint density at radius 2 is 2.06 bits per heavy atom. The Bertz CT molecular complexity index is 506. The SMILES string of the molecule is CCN1N=CC(c2ccccc2)C(C(=O)O)=C1C. The molecule has 1 aromatic rings. The number of rotatable bonds is 3. The Balaban J connectivity index is 2.46. The van der Waals surface area contributed by atoms with Crippen molar-refractivity contribution < 1.29 is 9.90 Å². The lowest BCUT2D eigenvalue weighted by atomic mass is 9.90. The summed E-state index contributed by atoms with van der Waals surface area (Å²) in [4.78, 5) is 11.5. The zero-order chi connectivity index (χ0) is 13.1. The van der Waals surface area contributed by atoms with Crippen molar-refractivity contribution in [3.63, 3.8) is 0 Å². The van der Waals surface area contributed by atoms with E-state index in [1.165, 1.54) is 0 Å². The first-order valence-corrected chi connectivity index (χ1v) is 5.95. The van der Waals surface area contributed by atoms with E-state index < -0.39 is 5.97 Å². The summed E-state index contributed by atoms with van der Waals surface area (Å²) in [5.41, 5.74) is 2.06. The Labute approximate surface area is 106 Å². The van der Waals surface area contributed by atoms with E-state index >= 15 is 0 Å². The summed E-state index contributed by atoms with van der Waals surface area (Å²) in [6.45, 7) is 4.42. The van der Waals surface area contributed by atoms with Crippen LogP contribution in [-0.2, 0) is 4.79 Å². The highest BCUT2D eigenvalue weighted by Gasteiger charge is 2.28. The van der Waals surface area contributed by atoms with Crippen LogP contribution < -0.4 is 0 Å². The number of aliphatic carboxylic acids is 1. The van der Waals surface area contributed by atoms with Gasteiger partial charge in [-0.05, 0) is 19.4 Å². The van der Waals surface area contributed by atoms with E-state index in [4.69, 9.17) is 0 Å². The van der Waals surface area contributed by atoms with E-state index in [9.17, 15) is 9.90 Å². The third kappa shape index (κ3) is 2.14. The van der Waals surface area contributed by atoms with Gasteiger partial charge in [-0.2, -0.15) is 5.10 Å². The van der Waals surface area contributed by atoms with Gasteiger partial charge in [-0.15, -0.1) is 0 Å². The lowest BCUT2D eigenvalue weighted by Gasteiger charge is -2.28. The third-order valence-corrected chi connectivity index (χ3v) is 3.13. The Morgan fingerprint density at radius 1 is 1.39 bits per heavy atom. The minimum atomic E-state index is -0.883. The fourth-order valence-electron chi connectivity index (χ4n) is 2.19. The van der Waals surface area contributed by atoms with E-state index in [0.717, 1.165) is 5.56 Å². The van der Waals surface area contributed by atoms with Gasteiger partial charge in [-0.3, -0.25) is 5.01 Å². The maximum Gasteiger partial charge on any atom is 0.334 e. The quantitative estimate of drug-likeness (QED) is 0.888. The number of allylic oxidation sites excluding steroid dienone is 1. The molecule has 0 fully saturated rings. The predicted molar refractivity (Wildman–Crippen MR) is 70.4 cm³/mol. The molecule has 4 heteroatoms. The van der Waals surface area contributed by atoms with E-state index in [1.807, 2.05) is 37.3 Å². The fraction of sp³-hybridized carbons (Fsp3) is 0.286. The summed E-state index contributed by atoms with van der Waals surface area (Å²) in [6, 6.07) is 9.58. The monoisotopic (exact) mass is 244 g/mol. The first-order valence-electron chi connectivity index (χ1n) is 5.95. The standard InChI is InChI=1S/C14H16N2O2/c1-3-16-10(2)13(14(17)18)12(9-15-16)11-7-5-4-6-8-11/h4-9,12H,3H2,1-2H3,(H,17,18). The van der Waals surface area contributed by atoms with Gasteiger partial charge in [-0.25, -0.2) is 4.79 Å². The first kappa shape index (κ1) is 12.4. The van der Waals surface area contributed by atoms with Crippen LogP contribution in [0, 0.1) is 0 Å². The van der Waals surface area contributed by atoms with Gasteiger partial charge in [0.15, 0.2) is 0 Å². The molecule has 0 aliphatic carbocycles. The van der Waals surface area contributed by atoms with Gasteiger partial charge < -0.3 is 5.11 Å². The van der Waals surface area contributed by atoms with Crippen LogP contribution in [0.15, 0.2) is 46.7 Å². The molecule has 4 nitrogen and oxygen atoms in total. The summed E-state index contributed by atoms with van der Waals surface area (Å²) in [5.74, 6) is -1.16. The Kier molecular flexibility index (Phi) is 3.46. The van der Waals surface area contributed by atoms with Crippen molar-refractivity contribution in [2.75, 3.05) is 6.54 Å². The Morgan fingerprint density at radius 3 is 2.61 bits per heavy atom. The molecule has 1 aromatic carbocycles. The van der Waals surface area contributed by atoms with Gasteiger partial charge in [0.1, 0.15) is 0 Å². The molecule has 0 radical (unpaired) electrons. The molecular formula is C14H16N2O2. The van der Waals surface area contributed by atoms with Crippen molar-refractivity contribution in [3.8, 4) is 0 Å². The van der Waals surface area contributed by atoms with Gasteiger partial charge in [0.25, 0.3) is 0 Å². The number of hydrazone groups is 1. The molecule has 18 heavy (non-hydrogen) atoms. The van der Waals surface area contributed by atoms with Crippen LogP contribution in [0.25, 0.3) is 0 Å². The molecule has 0 saturated heterocycles. The number of carboxylic acids is 1. The smallest absolute Gasteiger partial charge is 0.334 e. The molecule has 0 saturated carbocycles. The second-order valence-electron chi connectivity index (χ2n) is 4.17. The van der Waals surface area contributed by atoms with Crippen LogP contribution >= 0.6 is 0 Å². The minimum Gasteiger partial charge on any atom is -0.478 e. The lowest BCUT2D eigenvalue weighted by Crippen LogP contribution is -2.27. The zero-order valence-corrected chi connectivity index (χ0v) is 10.5. The van der Waals surface area contributed by atoms with Crippen molar-refractivity contribution in [2.45, 2.75) is 19.8 Å². The van der Waals surface area contributed by atoms with E-state index in [1.54, 1.807) is 18.1 Å². The number of benzene rings is 1. The molecule has 1 unspecified atom stereocenters. The van der Waals surface area contributed by atoms with Crippen molar-refractivity contribution in [1.29, 1.82) is 0 Å². The number of hydrogen-bond acceptors (Lipinski definition) is 3. The average Bonchev–Trinajstić information content (AvgIpc) is 2.39. The number of nitrogens with zero attached hydrogens (tertiary/aromatic N) is 2. The third-order valence-electron chi connectivity index (χ3n) is 3.13. The topological polar surface area (TPSA) is 52.9 Å². The highest BCUT2D eigenvalue weighted by atomic mass is 16.4. The van der Waals surface area contributed by atoms with Gasteiger partial charge >= 0.3 is 5.97 Å². The highest BCUT2D eigenvalue weighted by Crippen LogP contribution is 2.30. The first-order chi connectivity index (χ1) is 8.65. The summed E-state index contributed by atoms with van der Waals surface area (Å²) < 4.78 is 0. The number of hydrogen-bond donors (Lipinski definition) is 1. The molecule has 1 heterocycles. The zero-order valence-electron chi connectivity index (χ0n) is 10.5. The van der Waals surface area contributed by atoms with Crippen molar-refractivity contribution in [1.82, 2.24) is 5.01 Å². The minimum absolute atomic E-state index is 0.272. The van der Waals surface area contributed by atoms with Crippen molar-refractivity contribution in [2.24, 2.45) is 5.10 Å². The van der Waals surface area contributed by atoms with Gasteiger partial charge in [0, 0.05) is 18.5 Å². The summed E-state index contributed by atoms with van der Waals surface area (Å²) in [5, 5.41) is 15.4. The molecule has 94 valence electrons. The van der Waals surface area contributed by atoms with Crippen LogP contribution in [0.1, 0.15) is 25.3 Å². The molecule has 0 bridgehead atoms. The molecule has 1 N–H and O–H groups in total. The van der Waals surface area contributed by atoms with E-state index in [0.29, 0.717) is 17.8 Å². The molecule has 2 rings (SSSR count). The lowest BCUT2D eigenvalue weighted by molar-refractivity contribution is -0.133. The summed E-state index contributed by atoms with van der Waals surface area (Å²) in [7, 11) is 0. The largest absolute Gasteiger partial charge is 0.478 e. The second kappa shape index (κ2) is 5.04. The number of carbonyl (C=O) groups is 1. The van der Waals surface area contributed by atoms with Gasteiger partial charge in [0.05, 0.1) is 11.5 Å². The normalized spacial score (nSPS) is 19.2. The molecular weight excluding hydrogens is 228 g/mol. The van der Waals surface area contributed by atoms with E-state index in [2.05, 4.69) is 5.10 Å².